The summed E-state index contributed by atoms with van der Waals surface area (Å²) < 4.78 is 21.1. The fraction of sp³-hybridized carbons (Fsp3) is 0.125. The normalized spacial score (nSPS) is 17.0. The number of ether oxygens (including phenoxy) is 1. The van der Waals surface area contributed by atoms with Crippen LogP contribution in [0.2, 0.25) is 0 Å². The third kappa shape index (κ3) is 4.68. The van der Waals surface area contributed by atoms with Gasteiger partial charge in [-0.1, -0.05) is 60.3 Å². The number of halogens is 1. The molecule has 166 valence electrons. The van der Waals surface area contributed by atoms with Crippen LogP contribution in [-0.2, 0) is 11.4 Å². The fourth-order valence-corrected chi connectivity index (χ4v) is 4.61. The number of fused-ring (bicyclic) bond motifs is 1. The molecule has 2 N–H and O–H groups in total. The van der Waals surface area contributed by atoms with E-state index in [0.29, 0.717) is 22.4 Å². The van der Waals surface area contributed by atoms with E-state index in [0.717, 1.165) is 5.56 Å². The van der Waals surface area contributed by atoms with Crippen molar-refractivity contribution in [3.8, 4) is 5.75 Å². The first kappa shape index (κ1) is 21.0. The van der Waals surface area contributed by atoms with Gasteiger partial charge < -0.3 is 15.5 Å². The van der Waals surface area contributed by atoms with Crippen molar-refractivity contribution in [3.63, 3.8) is 0 Å². The summed E-state index contributed by atoms with van der Waals surface area (Å²) in [6, 6.07) is 24.3. The molecule has 1 amide bonds. The van der Waals surface area contributed by atoms with E-state index in [1.54, 1.807) is 16.8 Å². The van der Waals surface area contributed by atoms with Crippen molar-refractivity contribution in [1.82, 2.24) is 14.9 Å². The van der Waals surface area contributed by atoms with Gasteiger partial charge in [0.2, 0.25) is 11.1 Å². The van der Waals surface area contributed by atoms with Crippen LogP contribution in [0.25, 0.3) is 0 Å². The molecule has 5 rings (SSSR count). The summed E-state index contributed by atoms with van der Waals surface area (Å²) in [6.45, 7) is 0.196. The molecule has 7 nitrogen and oxygen atoms in total. The SMILES string of the molecule is O=C(Nc1ccccc1)[C@H]1Sc2nnc(COc3ccccc3)n2N[C@H]1c1ccc(F)cc1. The number of aromatic nitrogens is 3. The van der Waals surface area contributed by atoms with Crippen LogP contribution in [0, 0.1) is 5.82 Å². The first-order chi connectivity index (χ1) is 16.2. The topological polar surface area (TPSA) is 81.1 Å². The number of carbonyl (C=O) groups excluding carboxylic acids is 1. The number of nitrogens with one attached hydrogen (secondary N) is 2. The molecule has 0 saturated heterocycles. The summed E-state index contributed by atoms with van der Waals surface area (Å²) in [5, 5.41) is 11.4. The van der Waals surface area contributed by atoms with Gasteiger partial charge in [-0.05, 0) is 42.0 Å². The zero-order valence-electron chi connectivity index (χ0n) is 17.4. The average Bonchev–Trinajstić information content (AvgIpc) is 3.25. The molecular weight excluding hydrogens is 441 g/mol. The number of benzene rings is 3. The minimum atomic E-state index is -0.560. The Morgan fingerprint density at radius 1 is 1.00 bits per heavy atom. The lowest BCUT2D eigenvalue weighted by molar-refractivity contribution is -0.116. The first-order valence-corrected chi connectivity index (χ1v) is 11.2. The molecule has 3 aromatic carbocycles. The van der Waals surface area contributed by atoms with Gasteiger partial charge in [0.15, 0.2) is 5.82 Å². The quantitative estimate of drug-likeness (QED) is 0.443. The molecule has 1 aromatic heterocycles. The predicted molar refractivity (Wildman–Crippen MR) is 124 cm³/mol. The van der Waals surface area contributed by atoms with Crippen LogP contribution >= 0.6 is 11.8 Å². The minimum Gasteiger partial charge on any atom is -0.486 e. The van der Waals surface area contributed by atoms with Crippen LogP contribution < -0.4 is 15.5 Å². The Morgan fingerprint density at radius 2 is 1.70 bits per heavy atom. The maximum atomic E-state index is 13.6. The number of hydrogen-bond acceptors (Lipinski definition) is 6. The molecule has 0 fully saturated rings. The second-order valence-electron chi connectivity index (χ2n) is 7.39. The summed E-state index contributed by atoms with van der Waals surface area (Å²) in [7, 11) is 0. The second kappa shape index (κ2) is 9.33. The number of amides is 1. The summed E-state index contributed by atoms with van der Waals surface area (Å²) in [5.41, 5.74) is 4.81. The van der Waals surface area contributed by atoms with Crippen molar-refractivity contribution >= 4 is 23.4 Å². The van der Waals surface area contributed by atoms with E-state index in [2.05, 4.69) is 20.9 Å². The van der Waals surface area contributed by atoms with E-state index in [1.165, 1.54) is 23.9 Å². The molecule has 0 radical (unpaired) electrons. The van der Waals surface area contributed by atoms with Crippen LogP contribution in [0.5, 0.6) is 5.75 Å². The van der Waals surface area contributed by atoms with Crippen molar-refractivity contribution in [2.24, 2.45) is 0 Å². The highest BCUT2D eigenvalue weighted by Gasteiger charge is 2.38. The van der Waals surface area contributed by atoms with E-state index < -0.39 is 11.3 Å². The maximum absolute atomic E-state index is 13.6. The van der Waals surface area contributed by atoms with E-state index in [1.807, 2.05) is 60.7 Å². The molecule has 0 aliphatic carbocycles. The molecule has 1 aliphatic rings. The van der Waals surface area contributed by atoms with Crippen molar-refractivity contribution in [2.75, 3.05) is 10.7 Å². The highest BCUT2D eigenvalue weighted by atomic mass is 32.2. The first-order valence-electron chi connectivity index (χ1n) is 10.3. The van der Waals surface area contributed by atoms with Crippen molar-refractivity contribution in [3.05, 3.63) is 102 Å². The standard InChI is InChI=1S/C24H20FN5O2S/c25-17-13-11-16(12-14-17)21-22(23(31)26-18-7-3-1-4-8-18)33-24-28-27-20(30(24)29-21)15-32-19-9-5-2-6-10-19/h1-14,21-22,29H,15H2,(H,26,31)/t21-,22-/m0/s1. The van der Waals surface area contributed by atoms with Gasteiger partial charge in [-0.25, -0.2) is 9.07 Å². The zero-order valence-corrected chi connectivity index (χ0v) is 18.2. The van der Waals surface area contributed by atoms with Gasteiger partial charge in [0, 0.05) is 5.69 Å². The number of rotatable bonds is 6. The number of anilines is 1. The Labute approximate surface area is 194 Å². The molecule has 2 heterocycles. The van der Waals surface area contributed by atoms with Gasteiger partial charge in [-0.3, -0.25) is 4.79 Å². The van der Waals surface area contributed by atoms with Crippen LogP contribution in [-0.4, -0.2) is 26.0 Å². The third-order valence-corrected chi connectivity index (χ3v) is 6.36. The molecule has 2 atom stereocenters. The monoisotopic (exact) mass is 461 g/mol. The summed E-state index contributed by atoms with van der Waals surface area (Å²) >= 11 is 1.30. The van der Waals surface area contributed by atoms with Crippen LogP contribution in [0.4, 0.5) is 10.1 Å². The smallest absolute Gasteiger partial charge is 0.240 e. The Morgan fingerprint density at radius 3 is 2.42 bits per heavy atom. The Bertz CT molecular complexity index is 1230. The third-order valence-electron chi connectivity index (χ3n) is 5.14. The van der Waals surface area contributed by atoms with Gasteiger partial charge in [0.1, 0.15) is 23.4 Å². The van der Waals surface area contributed by atoms with Gasteiger partial charge >= 0.3 is 0 Å². The molecule has 0 spiro atoms. The van der Waals surface area contributed by atoms with E-state index in [-0.39, 0.29) is 18.3 Å². The summed E-state index contributed by atoms with van der Waals surface area (Å²) in [6.07, 6.45) is 0. The number of para-hydroxylation sites is 2. The summed E-state index contributed by atoms with van der Waals surface area (Å²) in [4.78, 5) is 13.2. The van der Waals surface area contributed by atoms with Crippen LogP contribution in [0.1, 0.15) is 17.4 Å². The Balaban J connectivity index is 1.42. The molecule has 4 aromatic rings. The number of hydrogen-bond donors (Lipinski definition) is 2. The number of carbonyl (C=O) groups is 1. The predicted octanol–water partition coefficient (Wildman–Crippen LogP) is 4.39. The number of nitrogens with zero attached hydrogens (tertiary/aromatic N) is 3. The molecule has 0 bridgehead atoms. The van der Waals surface area contributed by atoms with Gasteiger partial charge in [0.05, 0.1) is 6.04 Å². The summed E-state index contributed by atoms with van der Waals surface area (Å²) in [5.74, 6) is 0.752. The van der Waals surface area contributed by atoms with Crippen molar-refractivity contribution < 1.29 is 13.9 Å². The van der Waals surface area contributed by atoms with Crippen molar-refractivity contribution in [2.45, 2.75) is 23.1 Å². The molecule has 9 heteroatoms. The maximum Gasteiger partial charge on any atom is 0.240 e. The van der Waals surface area contributed by atoms with Crippen molar-refractivity contribution in [1.29, 1.82) is 0 Å². The highest BCUT2D eigenvalue weighted by molar-refractivity contribution is 8.00. The zero-order chi connectivity index (χ0) is 22.6. The lowest BCUT2D eigenvalue weighted by atomic mass is 10.0. The van der Waals surface area contributed by atoms with E-state index in [9.17, 15) is 9.18 Å². The lowest BCUT2D eigenvalue weighted by Gasteiger charge is -2.33. The molecule has 33 heavy (non-hydrogen) atoms. The van der Waals surface area contributed by atoms with Gasteiger partial charge in [-0.2, -0.15) is 0 Å². The van der Waals surface area contributed by atoms with E-state index >= 15 is 0 Å². The average molecular weight is 462 g/mol. The molecular formula is C24H20FN5O2S. The minimum absolute atomic E-state index is 0.190. The van der Waals surface area contributed by atoms with E-state index in [4.69, 9.17) is 4.74 Å². The van der Waals surface area contributed by atoms with Gasteiger partial charge in [0.25, 0.3) is 0 Å². The highest BCUT2D eigenvalue weighted by Crippen LogP contribution is 2.37. The number of thioether (sulfide) groups is 1. The Kier molecular flexibility index (Phi) is 5.95. The van der Waals surface area contributed by atoms with Crippen LogP contribution in [0.15, 0.2) is 90.1 Å². The lowest BCUT2D eigenvalue weighted by Crippen LogP contribution is -2.41. The molecule has 0 unspecified atom stereocenters. The Hall–Kier alpha value is -3.85. The van der Waals surface area contributed by atoms with Gasteiger partial charge in [-0.15, -0.1) is 10.2 Å². The largest absolute Gasteiger partial charge is 0.486 e. The van der Waals surface area contributed by atoms with Crippen LogP contribution in [0.3, 0.4) is 0 Å². The second-order valence-corrected chi connectivity index (χ2v) is 8.50. The fourth-order valence-electron chi connectivity index (χ4n) is 3.51. The molecule has 1 aliphatic heterocycles. The molecule has 0 saturated carbocycles.